The molecule has 1 amide bonds. The molecule has 1 aliphatic heterocycles. The Hall–Kier alpha value is -2.63. The molecule has 1 N–H and O–H groups in total. The van der Waals surface area contributed by atoms with Crippen LogP contribution in [-0.2, 0) is 4.74 Å². The molecule has 3 aromatic rings. The molecule has 27 heavy (non-hydrogen) atoms. The van der Waals surface area contributed by atoms with Gasteiger partial charge in [-0.1, -0.05) is 48.0 Å². The Morgan fingerprint density at radius 1 is 1.22 bits per heavy atom. The fourth-order valence-corrected chi connectivity index (χ4v) is 3.48. The molecule has 1 aromatic heterocycles. The van der Waals surface area contributed by atoms with Crippen molar-refractivity contribution < 1.29 is 9.53 Å². The summed E-state index contributed by atoms with van der Waals surface area (Å²) in [6, 6.07) is 17.2. The van der Waals surface area contributed by atoms with Crippen LogP contribution in [0.3, 0.4) is 0 Å². The number of carbonyl (C=O) groups excluding carboxylic acids is 1. The lowest BCUT2D eigenvalue weighted by atomic mass is 10.1. The van der Waals surface area contributed by atoms with Gasteiger partial charge in [0.1, 0.15) is 0 Å². The first kappa shape index (κ1) is 17.8. The number of nitrogens with zero attached hydrogens (tertiary/aromatic N) is 2. The normalized spacial score (nSPS) is 16.4. The van der Waals surface area contributed by atoms with Crippen LogP contribution in [0.25, 0.3) is 16.9 Å². The van der Waals surface area contributed by atoms with E-state index in [9.17, 15) is 4.79 Å². The van der Waals surface area contributed by atoms with Gasteiger partial charge in [0.25, 0.3) is 5.91 Å². The zero-order valence-electron chi connectivity index (χ0n) is 14.8. The van der Waals surface area contributed by atoms with E-state index in [1.54, 1.807) is 10.9 Å². The maximum absolute atomic E-state index is 12.9. The largest absolute Gasteiger partial charge is 0.376 e. The minimum atomic E-state index is -0.155. The quantitative estimate of drug-likeness (QED) is 0.723. The van der Waals surface area contributed by atoms with Crippen molar-refractivity contribution in [3.8, 4) is 16.9 Å². The summed E-state index contributed by atoms with van der Waals surface area (Å²) >= 11 is 6.15. The van der Waals surface area contributed by atoms with Crippen LogP contribution in [-0.4, -0.2) is 34.9 Å². The molecule has 1 fully saturated rings. The maximum atomic E-state index is 12.9. The summed E-state index contributed by atoms with van der Waals surface area (Å²) in [6.45, 7) is 1.28. The molecule has 0 bridgehead atoms. The molecule has 138 valence electrons. The zero-order chi connectivity index (χ0) is 18.6. The number of rotatable bonds is 5. The van der Waals surface area contributed by atoms with Crippen molar-refractivity contribution in [2.24, 2.45) is 0 Å². The number of benzene rings is 2. The average molecular weight is 382 g/mol. The van der Waals surface area contributed by atoms with Crippen molar-refractivity contribution >= 4 is 17.5 Å². The first-order chi connectivity index (χ1) is 13.2. The molecular formula is C21H20ClN3O2. The molecule has 0 radical (unpaired) electrons. The molecule has 5 nitrogen and oxygen atoms in total. The lowest BCUT2D eigenvalue weighted by Gasteiger charge is -2.13. The highest BCUT2D eigenvalue weighted by Crippen LogP contribution is 2.27. The van der Waals surface area contributed by atoms with E-state index in [4.69, 9.17) is 16.3 Å². The number of hydrogen-bond donors (Lipinski definition) is 1. The highest BCUT2D eigenvalue weighted by Gasteiger charge is 2.22. The fourth-order valence-electron chi connectivity index (χ4n) is 3.30. The molecule has 2 aromatic carbocycles. The van der Waals surface area contributed by atoms with Crippen LogP contribution in [0.15, 0.2) is 60.8 Å². The van der Waals surface area contributed by atoms with Gasteiger partial charge in [-0.2, -0.15) is 5.10 Å². The van der Waals surface area contributed by atoms with Gasteiger partial charge in [-0.3, -0.25) is 4.79 Å². The van der Waals surface area contributed by atoms with Crippen LogP contribution in [0, 0.1) is 0 Å². The SMILES string of the molecule is O=C(NC[C@@H]1CCCO1)c1cnn(-c2cccc(Cl)c2)c1-c1ccccc1. The molecule has 0 saturated carbocycles. The van der Waals surface area contributed by atoms with Crippen molar-refractivity contribution in [3.05, 3.63) is 71.4 Å². The molecule has 4 rings (SSSR count). The second-order valence-electron chi connectivity index (χ2n) is 6.51. The van der Waals surface area contributed by atoms with Gasteiger partial charge in [0.2, 0.25) is 0 Å². The summed E-state index contributed by atoms with van der Waals surface area (Å²) in [6.07, 6.45) is 3.72. The van der Waals surface area contributed by atoms with E-state index in [0.29, 0.717) is 17.1 Å². The molecule has 0 spiro atoms. The van der Waals surface area contributed by atoms with E-state index < -0.39 is 0 Å². The number of amides is 1. The molecule has 0 aliphatic carbocycles. The third kappa shape index (κ3) is 3.89. The number of carbonyl (C=O) groups is 1. The second-order valence-corrected chi connectivity index (χ2v) is 6.95. The van der Waals surface area contributed by atoms with E-state index in [2.05, 4.69) is 10.4 Å². The summed E-state index contributed by atoms with van der Waals surface area (Å²) in [5.74, 6) is -0.155. The van der Waals surface area contributed by atoms with Gasteiger partial charge in [0, 0.05) is 23.7 Å². The predicted octanol–water partition coefficient (Wildman–Crippen LogP) is 4.10. The van der Waals surface area contributed by atoms with Crippen molar-refractivity contribution in [1.29, 1.82) is 0 Å². The summed E-state index contributed by atoms with van der Waals surface area (Å²) in [5.41, 5.74) is 2.98. The van der Waals surface area contributed by atoms with E-state index in [0.717, 1.165) is 36.4 Å². The van der Waals surface area contributed by atoms with E-state index in [1.165, 1.54) is 0 Å². The van der Waals surface area contributed by atoms with E-state index in [-0.39, 0.29) is 12.0 Å². The summed E-state index contributed by atoms with van der Waals surface area (Å²) in [5, 5.41) is 8.07. The van der Waals surface area contributed by atoms with E-state index >= 15 is 0 Å². The van der Waals surface area contributed by atoms with Gasteiger partial charge in [0.05, 0.1) is 29.2 Å². The second kappa shape index (κ2) is 7.94. The Labute approximate surface area is 162 Å². The van der Waals surface area contributed by atoms with Gasteiger partial charge in [-0.25, -0.2) is 4.68 Å². The van der Waals surface area contributed by atoms with E-state index in [1.807, 2.05) is 54.6 Å². The fraction of sp³-hybridized carbons (Fsp3) is 0.238. The summed E-state index contributed by atoms with van der Waals surface area (Å²) in [4.78, 5) is 12.9. The number of ether oxygens (including phenoxy) is 1. The first-order valence-electron chi connectivity index (χ1n) is 9.01. The maximum Gasteiger partial charge on any atom is 0.255 e. The average Bonchev–Trinajstić information content (AvgIpc) is 3.36. The van der Waals surface area contributed by atoms with Crippen LogP contribution >= 0.6 is 11.6 Å². The van der Waals surface area contributed by atoms with Crippen molar-refractivity contribution in [2.45, 2.75) is 18.9 Å². The Kier molecular flexibility index (Phi) is 5.23. The Balaban J connectivity index is 1.70. The predicted molar refractivity (Wildman–Crippen MR) is 105 cm³/mol. The van der Waals surface area contributed by atoms with Crippen molar-refractivity contribution in [2.75, 3.05) is 13.2 Å². The molecule has 1 aliphatic rings. The number of halogens is 1. The molecule has 6 heteroatoms. The molecular weight excluding hydrogens is 362 g/mol. The lowest BCUT2D eigenvalue weighted by molar-refractivity contribution is 0.0858. The van der Waals surface area contributed by atoms with Crippen LogP contribution < -0.4 is 5.32 Å². The van der Waals surface area contributed by atoms with Gasteiger partial charge in [-0.05, 0) is 31.0 Å². The van der Waals surface area contributed by atoms with Crippen molar-refractivity contribution in [1.82, 2.24) is 15.1 Å². The third-order valence-electron chi connectivity index (χ3n) is 4.63. The van der Waals surface area contributed by atoms with Crippen LogP contribution in [0.4, 0.5) is 0 Å². The minimum Gasteiger partial charge on any atom is -0.376 e. The molecule has 2 heterocycles. The Morgan fingerprint density at radius 2 is 2.07 bits per heavy atom. The smallest absolute Gasteiger partial charge is 0.255 e. The molecule has 0 unspecified atom stereocenters. The minimum absolute atomic E-state index is 0.0945. The number of nitrogens with one attached hydrogen (secondary N) is 1. The van der Waals surface area contributed by atoms with Crippen LogP contribution in [0.5, 0.6) is 0 Å². The topological polar surface area (TPSA) is 56.1 Å². The molecule has 1 atom stereocenters. The monoisotopic (exact) mass is 381 g/mol. The Morgan fingerprint density at radius 3 is 2.81 bits per heavy atom. The Bertz CT molecular complexity index is 934. The third-order valence-corrected chi connectivity index (χ3v) is 4.86. The van der Waals surface area contributed by atoms with Gasteiger partial charge in [-0.15, -0.1) is 0 Å². The zero-order valence-corrected chi connectivity index (χ0v) is 15.5. The standard InChI is InChI=1S/C21H20ClN3O2/c22-16-8-4-9-17(12-16)25-20(15-6-2-1-3-7-15)19(14-24-25)21(26)23-13-18-10-5-11-27-18/h1-4,6-9,12,14,18H,5,10-11,13H2,(H,23,26)/t18-/m0/s1. The van der Waals surface area contributed by atoms with Gasteiger partial charge < -0.3 is 10.1 Å². The number of aromatic nitrogens is 2. The highest BCUT2D eigenvalue weighted by molar-refractivity contribution is 6.30. The number of hydrogen-bond acceptors (Lipinski definition) is 3. The van der Waals surface area contributed by atoms with Crippen LogP contribution in [0.1, 0.15) is 23.2 Å². The highest BCUT2D eigenvalue weighted by atomic mass is 35.5. The van der Waals surface area contributed by atoms with Gasteiger partial charge in [0.15, 0.2) is 0 Å². The van der Waals surface area contributed by atoms with Crippen LogP contribution in [0.2, 0.25) is 5.02 Å². The molecule has 1 saturated heterocycles. The lowest BCUT2D eigenvalue weighted by Crippen LogP contribution is -2.31. The van der Waals surface area contributed by atoms with Gasteiger partial charge >= 0.3 is 0 Å². The summed E-state index contributed by atoms with van der Waals surface area (Å²) in [7, 11) is 0. The first-order valence-corrected chi connectivity index (χ1v) is 9.39. The van der Waals surface area contributed by atoms with Crippen molar-refractivity contribution in [3.63, 3.8) is 0 Å². The summed E-state index contributed by atoms with van der Waals surface area (Å²) < 4.78 is 7.34.